The van der Waals surface area contributed by atoms with E-state index in [9.17, 15) is 10.1 Å². The minimum atomic E-state index is -0.536. The lowest BCUT2D eigenvalue weighted by atomic mass is 9.92. The number of nitriles is 1. The molecule has 0 bridgehead atoms. The van der Waals surface area contributed by atoms with E-state index in [0.29, 0.717) is 21.4 Å². The second-order valence-electron chi connectivity index (χ2n) is 5.27. The maximum absolute atomic E-state index is 13.0. The number of Topliss-reactive ketones (excluding diaryl/α,β-unsaturated/α-hetero) is 1. The lowest BCUT2D eigenvalue weighted by Crippen LogP contribution is -2.23. The van der Waals surface area contributed by atoms with Crippen molar-refractivity contribution in [3.8, 4) is 6.07 Å². The Balaban J connectivity index is 1.75. The summed E-state index contributed by atoms with van der Waals surface area (Å²) in [5.41, 5.74) is 7.16. The van der Waals surface area contributed by atoms with Crippen LogP contribution in [0.15, 0.2) is 57.7 Å². The maximum atomic E-state index is 13.0. The van der Waals surface area contributed by atoms with Gasteiger partial charge in [0, 0.05) is 0 Å². The number of thioether (sulfide) groups is 1. The van der Waals surface area contributed by atoms with Crippen molar-refractivity contribution >= 4 is 39.1 Å². The van der Waals surface area contributed by atoms with Crippen LogP contribution in [0.4, 0.5) is 0 Å². The summed E-state index contributed by atoms with van der Waals surface area (Å²) in [5, 5.41) is 9.69. The van der Waals surface area contributed by atoms with Gasteiger partial charge >= 0.3 is 0 Å². The van der Waals surface area contributed by atoms with E-state index < -0.39 is 11.2 Å². The number of para-hydroxylation sites is 1. The SMILES string of the molecule is N#CC1=C(N)S[C@H](C(=O)c2nc3ccccc3s2)[C@H]1c1ccco1. The summed E-state index contributed by atoms with van der Waals surface area (Å²) < 4.78 is 6.41. The molecule has 0 fully saturated rings. The van der Waals surface area contributed by atoms with Crippen molar-refractivity contribution in [1.29, 1.82) is 5.26 Å². The Hall–Kier alpha value is -2.56. The number of carbonyl (C=O) groups is 1. The van der Waals surface area contributed by atoms with Crippen molar-refractivity contribution in [2.45, 2.75) is 11.2 Å². The Morgan fingerprint density at radius 2 is 2.12 bits per heavy atom. The lowest BCUT2D eigenvalue weighted by molar-refractivity contribution is 0.0983. The van der Waals surface area contributed by atoms with Crippen LogP contribution in [-0.2, 0) is 0 Å². The van der Waals surface area contributed by atoms with Gasteiger partial charge in [0.1, 0.15) is 5.76 Å². The summed E-state index contributed by atoms with van der Waals surface area (Å²) in [6.45, 7) is 0. The van der Waals surface area contributed by atoms with Gasteiger partial charge < -0.3 is 10.2 Å². The van der Waals surface area contributed by atoms with Gasteiger partial charge in [-0.05, 0) is 24.3 Å². The average Bonchev–Trinajstić information content (AvgIpc) is 3.31. The molecule has 1 aliphatic heterocycles. The lowest BCUT2D eigenvalue weighted by Gasteiger charge is -2.15. The molecular formula is C17H11N3O2S2. The summed E-state index contributed by atoms with van der Waals surface area (Å²) in [6, 6.07) is 13.2. The minimum Gasteiger partial charge on any atom is -0.469 e. The first kappa shape index (κ1) is 15.0. The molecule has 3 heterocycles. The van der Waals surface area contributed by atoms with Crippen LogP contribution in [-0.4, -0.2) is 16.0 Å². The summed E-state index contributed by atoms with van der Waals surface area (Å²) in [6.07, 6.45) is 1.53. The number of hydrogen-bond donors (Lipinski definition) is 1. The summed E-state index contributed by atoms with van der Waals surface area (Å²) >= 11 is 2.56. The number of benzene rings is 1. The van der Waals surface area contributed by atoms with E-state index in [4.69, 9.17) is 10.2 Å². The zero-order valence-electron chi connectivity index (χ0n) is 12.3. The number of fused-ring (bicyclic) bond motifs is 1. The van der Waals surface area contributed by atoms with Crippen LogP contribution in [0.1, 0.15) is 21.5 Å². The Kier molecular flexibility index (Phi) is 3.63. The number of ketones is 1. The first-order valence-electron chi connectivity index (χ1n) is 7.18. The molecule has 0 saturated heterocycles. The Morgan fingerprint density at radius 1 is 1.29 bits per heavy atom. The maximum Gasteiger partial charge on any atom is 0.205 e. The van der Waals surface area contributed by atoms with Crippen LogP contribution in [0, 0.1) is 11.3 Å². The predicted molar refractivity (Wildman–Crippen MR) is 93.6 cm³/mol. The van der Waals surface area contributed by atoms with Gasteiger partial charge in [-0.15, -0.1) is 11.3 Å². The van der Waals surface area contributed by atoms with Gasteiger partial charge in [0.2, 0.25) is 5.78 Å². The van der Waals surface area contributed by atoms with E-state index >= 15 is 0 Å². The highest BCUT2D eigenvalue weighted by atomic mass is 32.2. The largest absolute Gasteiger partial charge is 0.469 e. The number of carbonyl (C=O) groups excluding carboxylic acids is 1. The highest BCUT2D eigenvalue weighted by Crippen LogP contribution is 2.47. The molecule has 2 atom stereocenters. The first-order chi connectivity index (χ1) is 11.7. The van der Waals surface area contributed by atoms with E-state index in [1.165, 1.54) is 29.4 Å². The molecule has 1 aromatic carbocycles. The normalized spacial score (nSPS) is 20.5. The molecule has 0 amide bonds. The molecule has 7 heteroatoms. The molecule has 1 aliphatic rings. The van der Waals surface area contributed by atoms with Gasteiger partial charge in [-0.2, -0.15) is 5.26 Å². The number of aromatic nitrogens is 1. The van der Waals surface area contributed by atoms with Gasteiger partial charge in [-0.25, -0.2) is 4.98 Å². The molecule has 0 unspecified atom stereocenters. The Labute approximate surface area is 145 Å². The Morgan fingerprint density at radius 3 is 2.83 bits per heavy atom. The molecule has 0 radical (unpaired) electrons. The number of rotatable bonds is 3. The smallest absolute Gasteiger partial charge is 0.205 e. The summed E-state index contributed by atoms with van der Waals surface area (Å²) in [5.74, 6) is -0.0377. The second kappa shape index (κ2) is 5.82. The molecule has 2 aromatic heterocycles. The number of furan rings is 1. The molecule has 2 N–H and O–H groups in total. The van der Waals surface area contributed by atoms with Crippen molar-refractivity contribution < 1.29 is 9.21 Å². The van der Waals surface area contributed by atoms with E-state index in [0.717, 1.165) is 10.2 Å². The molecular weight excluding hydrogens is 342 g/mol. The highest BCUT2D eigenvalue weighted by Gasteiger charge is 2.43. The van der Waals surface area contributed by atoms with Gasteiger partial charge in [-0.1, -0.05) is 23.9 Å². The highest BCUT2D eigenvalue weighted by molar-refractivity contribution is 8.04. The topological polar surface area (TPSA) is 92.9 Å². The zero-order chi connectivity index (χ0) is 16.7. The Bertz CT molecular complexity index is 965. The van der Waals surface area contributed by atoms with Crippen molar-refractivity contribution in [2.24, 2.45) is 5.73 Å². The molecule has 3 aromatic rings. The van der Waals surface area contributed by atoms with E-state index in [-0.39, 0.29) is 5.78 Å². The van der Waals surface area contributed by atoms with E-state index in [1.807, 2.05) is 24.3 Å². The monoisotopic (exact) mass is 353 g/mol. The quantitative estimate of drug-likeness (QED) is 0.722. The summed E-state index contributed by atoms with van der Waals surface area (Å²) in [7, 11) is 0. The fourth-order valence-corrected chi connectivity index (χ4v) is 4.98. The van der Waals surface area contributed by atoms with Crippen LogP contribution in [0.2, 0.25) is 0 Å². The molecule has 4 rings (SSSR count). The van der Waals surface area contributed by atoms with Crippen molar-refractivity contribution in [3.05, 3.63) is 64.0 Å². The number of thiazole rings is 1. The fraction of sp³-hybridized carbons (Fsp3) is 0.118. The molecule has 0 aliphatic carbocycles. The number of nitrogens with zero attached hydrogens (tertiary/aromatic N) is 2. The van der Waals surface area contributed by atoms with Gasteiger partial charge in [-0.3, -0.25) is 4.79 Å². The minimum absolute atomic E-state index is 0.129. The second-order valence-corrected chi connectivity index (χ2v) is 7.49. The first-order valence-corrected chi connectivity index (χ1v) is 8.88. The number of nitrogens with two attached hydrogens (primary N) is 1. The average molecular weight is 353 g/mol. The van der Waals surface area contributed by atoms with Gasteiger partial charge in [0.25, 0.3) is 0 Å². The molecule has 118 valence electrons. The predicted octanol–water partition coefficient (Wildman–Crippen LogP) is 3.67. The van der Waals surface area contributed by atoms with Crippen LogP contribution >= 0.6 is 23.1 Å². The molecule has 0 spiro atoms. The van der Waals surface area contributed by atoms with Crippen molar-refractivity contribution in [1.82, 2.24) is 4.98 Å². The van der Waals surface area contributed by atoms with E-state index in [1.54, 1.807) is 12.1 Å². The zero-order valence-corrected chi connectivity index (χ0v) is 13.9. The summed E-state index contributed by atoms with van der Waals surface area (Å²) in [4.78, 5) is 17.5. The molecule has 24 heavy (non-hydrogen) atoms. The third-order valence-electron chi connectivity index (χ3n) is 3.87. The van der Waals surface area contributed by atoms with Crippen LogP contribution in [0.5, 0.6) is 0 Å². The third kappa shape index (κ3) is 2.31. The van der Waals surface area contributed by atoms with Crippen LogP contribution in [0.3, 0.4) is 0 Å². The van der Waals surface area contributed by atoms with Crippen molar-refractivity contribution in [3.63, 3.8) is 0 Å². The molecule has 0 saturated carbocycles. The number of allylic oxidation sites excluding steroid dienone is 1. The molecule has 5 nitrogen and oxygen atoms in total. The van der Waals surface area contributed by atoms with Gasteiger partial charge in [0.05, 0.1) is 44.3 Å². The van der Waals surface area contributed by atoms with Crippen molar-refractivity contribution in [2.75, 3.05) is 0 Å². The van der Waals surface area contributed by atoms with Crippen LogP contribution < -0.4 is 5.73 Å². The third-order valence-corrected chi connectivity index (χ3v) is 6.13. The fourth-order valence-electron chi connectivity index (χ4n) is 2.76. The van der Waals surface area contributed by atoms with Gasteiger partial charge in [0.15, 0.2) is 5.01 Å². The standard InChI is InChI=1S/C17H11N3O2S2/c18-8-9-13(11-5-3-7-22-11)15(24-16(9)19)14(21)17-20-10-4-1-2-6-12(10)23-17/h1-7,13,15H,19H2/t13-,15+/m1/s1. The van der Waals surface area contributed by atoms with Crippen LogP contribution in [0.25, 0.3) is 10.2 Å². The number of hydrogen-bond acceptors (Lipinski definition) is 7. The van der Waals surface area contributed by atoms with E-state index in [2.05, 4.69) is 11.1 Å².